The normalized spacial score (nSPS) is 22.2. The number of esters is 1. The summed E-state index contributed by atoms with van der Waals surface area (Å²) in [5, 5.41) is 0.608. The molecule has 0 radical (unpaired) electrons. The van der Waals surface area contributed by atoms with Crippen LogP contribution in [0.4, 0.5) is 5.69 Å². The molecule has 1 atom stereocenters. The average Bonchev–Trinajstić information content (AvgIpc) is 3.17. The maximum atomic E-state index is 12.4. The van der Waals surface area contributed by atoms with E-state index in [1.807, 2.05) is 0 Å². The summed E-state index contributed by atoms with van der Waals surface area (Å²) >= 11 is 5.86. The number of ether oxygens (including phenoxy) is 1. The van der Waals surface area contributed by atoms with Gasteiger partial charge >= 0.3 is 5.97 Å². The highest BCUT2D eigenvalue weighted by Crippen LogP contribution is 2.35. The number of rotatable bonds is 3. The lowest BCUT2D eigenvalue weighted by molar-refractivity contribution is -0.140. The highest BCUT2D eigenvalue weighted by Gasteiger charge is 2.41. The van der Waals surface area contributed by atoms with Crippen LogP contribution >= 0.6 is 11.6 Å². The van der Waals surface area contributed by atoms with Crippen molar-refractivity contribution in [1.29, 1.82) is 0 Å². The first-order valence-electron chi connectivity index (χ1n) is 6.42. The average molecular weight is 280 g/mol. The van der Waals surface area contributed by atoms with E-state index in [0.29, 0.717) is 23.7 Å². The van der Waals surface area contributed by atoms with Gasteiger partial charge < -0.3 is 4.74 Å². The molecule has 1 aromatic rings. The number of hydrogen-bond donors (Lipinski definition) is 0. The number of amides is 1. The number of anilines is 1. The molecule has 0 aromatic heterocycles. The molecule has 0 unspecified atom stereocenters. The Morgan fingerprint density at radius 1 is 1.21 bits per heavy atom. The topological polar surface area (TPSA) is 46.6 Å². The van der Waals surface area contributed by atoms with Gasteiger partial charge in [-0.2, -0.15) is 0 Å². The summed E-state index contributed by atoms with van der Waals surface area (Å²) in [6.45, 7) is 0.380. The van der Waals surface area contributed by atoms with E-state index < -0.39 is 6.04 Å². The number of cyclic esters (lactones) is 1. The minimum absolute atomic E-state index is 0.0196. The van der Waals surface area contributed by atoms with Crippen molar-refractivity contribution >= 4 is 29.2 Å². The van der Waals surface area contributed by atoms with E-state index in [9.17, 15) is 9.59 Å². The first kappa shape index (κ1) is 12.5. The van der Waals surface area contributed by atoms with Crippen LogP contribution in [0.25, 0.3) is 0 Å². The molecule has 2 aliphatic rings. The Balaban J connectivity index is 1.93. The fourth-order valence-corrected chi connectivity index (χ4v) is 2.44. The molecule has 100 valence electrons. The molecule has 0 N–H and O–H groups in total. The second-order valence-electron chi connectivity index (χ2n) is 4.93. The maximum absolute atomic E-state index is 12.4. The van der Waals surface area contributed by atoms with Gasteiger partial charge in [0, 0.05) is 23.0 Å². The fraction of sp³-hybridized carbons (Fsp3) is 0.429. The maximum Gasteiger partial charge on any atom is 0.329 e. The zero-order valence-electron chi connectivity index (χ0n) is 10.3. The van der Waals surface area contributed by atoms with Gasteiger partial charge in [-0.3, -0.25) is 9.69 Å². The van der Waals surface area contributed by atoms with Crippen LogP contribution in [-0.2, 0) is 14.3 Å². The molecule has 0 spiro atoms. The van der Waals surface area contributed by atoms with Gasteiger partial charge in [-0.05, 0) is 37.1 Å². The quantitative estimate of drug-likeness (QED) is 0.798. The van der Waals surface area contributed by atoms with Gasteiger partial charge in [0.2, 0.25) is 5.91 Å². The van der Waals surface area contributed by atoms with Crippen LogP contribution in [0.1, 0.15) is 19.3 Å². The summed E-state index contributed by atoms with van der Waals surface area (Å²) < 4.78 is 4.98. The summed E-state index contributed by atoms with van der Waals surface area (Å²) in [5.41, 5.74) is 0.713. The molecule has 1 aliphatic heterocycles. The number of hydrogen-bond acceptors (Lipinski definition) is 3. The van der Waals surface area contributed by atoms with Crippen LogP contribution in [0.3, 0.4) is 0 Å². The monoisotopic (exact) mass is 279 g/mol. The third kappa shape index (κ3) is 2.45. The van der Waals surface area contributed by atoms with Crippen molar-refractivity contribution in [3.63, 3.8) is 0 Å². The van der Waals surface area contributed by atoms with E-state index in [4.69, 9.17) is 16.3 Å². The fourth-order valence-electron chi connectivity index (χ4n) is 2.31. The van der Waals surface area contributed by atoms with E-state index in [1.54, 1.807) is 29.2 Å². The second kappa shape index (κ2) is 4.85. The van der Waals surface area contributed by atoms with Gasteiger partial charge in [0.05, 0.1) is 6.61 Å². The van der Waals surface area contributed by atoms with Gasteiger partial charge in [-0.1, -0.05) is 11.6 Å². The molecular weight excluding hydrogens is 266 g/mol. The molecule has 4 nitrogen and oxygen atoms in total. The minimum Gasteiger partial charge on any atom is -0.464 e. The summed E-state index contributed by atoms with van der Waals surface area (Å²) in [4.78, 5) is 25.8. The Morgan fingerprint density at radius 3 is 2.42 bits per heavy atom. The Kier molecular flexibility index (Phi) is 3.19. The number of nitrogens with zero attached hydrogens (tertiary/aromatic N) is 1. The summed E-state index contributed by atoms with van der Waals surface area (Å²) in [5.74, 6) is -0.237. The third-order valence-electron chi connectivity index (χ3n) is 3.49. The number of carbonyl (C=O) groups is 2. The molecule has 1 saturated carbocycles. The molecule has 1 heterocycles. The summed E-state index contributed by atoms with van der Waals surface area (Å²) in [6, 6.07) is 6.51. The van der Waals surface area contributed by atoms with Crippen molar-refractivity contribution < 1.29 is 14.3 Å². The van der Waals surface area contributed by atoms with Crippen LogP contribution in [-0.4, -0.2) is 24.5 Å². The van der Waals surface area contributed by atoms with Gasteiger partial charge in [0.25, 0.3) is 0 Å². The van der Waals surface area contributed by atoms with E-state index in [-0.39, 0.29) is 17.8 Å². The van der Waals surface area contributed by atoms with E-state index in [2.05, 4.69) is 0 Å². The Hall–Kier alpha value is -1.55. The molecule has 1 amide bonds. The molecule has 1 aliphatic carbocycles. The number of benzene rings is 1. The predicted molar refractivity (Wildman–Crippen MR) is 71.0 cm³/mol. The predicted octanol–water partition coefficient (Wildman–Crippen LogP) is 2.40. The molecule has 3 rings (SSSR count). The lowest BCUT2D eigenvalue weighted by atomic mass is 10.1. The third-order valence-corrected chi connectivity index (χ3v) is 3.74. The van der Waals surface area contributed by atoms with Crippen LogP contribution in [0.15, 0.2) is 24.3 Å². The molecule has 2 fully saturated rings. The lowest BCUT2D eigenvalue weighted by Crippen LogP contribution is -2.44. The van der Waals surface area contributed by atoms with Gasteiger partial charge in [0.15, 0.2) is 0 Å². The molecule has 1 aromatic carbocycles. The highest BCUT2D eigenvalue weighted by molar-refractivity contribution is 6.30. The van der Waals surface area contributed by atoms with Crippen molar-refractivity contribution in [2.75, 3.05) is 11.5 Å². The van der Waals surface area contributed by atoms with E-state index in [0.717, 1.165) is 12.8 Å². The van der Waals surface area contributed by atoms with Crippen molar-refractivity contribution in [1.82, 2.24) is 0 Å². The SMILES string of the molecule is O=C1OCC[C@@H]1N(C(=O)C1CC1)c1ccc(Cl)cc1. The molecule has 5 heteroatoms. The Bertz CT molecular complexity index is 510. The van der Waals surface area contributed by atoms with E-state index >= 15 is 0 Å². The van der Waals surface area contributed by atoms with Crippen LogP contribution in [0, 0.1) is 5.92 Å². The van der Waals surface area contributed by atoms with Crippen LogP contribution in [0.2, 0.25) is 5.02 Å². The smallest absolute Gasteiger partial charge is 0.329 e. The molecular formula is C14H14ClNO3. The largest absolute Gasteiger partial charge is 0.464 e. The van der Waals surface area contributed by atoms with Crippen LogP contribution < -0.4 is 4.90 Å². The summed E-state index contributed by atoms with van der Waals surface area (Å²) in [7, 11) is 0. The zero-order valence-corrected chi connectivity index (χ0v) is 11.1. The molecule has 1 saturated heterocycles. The highest BCUT2D eigenvalue weighted by atomic mass is 35.5. The standard InChI is InChI=1S/C14H14ClNO3/c15-10-3-5-11(6-4-10)16(13(17)9-1-2-9)12-7-8-19-14(12)18/h3-6,9,12H,1-2,7-8H2/t12-/m0/s1. The second-order valence-corrected chi connectivity index (χ2v) is 5.37. The first-order chi connectivity index (χ1) is 9.16. The minimum atomic E-state index is -0.491. The summed E-state index contributed by atoms with van der Waals surface area (Å²) in [6.07, 6.45) is 2.37. The Morgan fingerprint density at radius 2 is 1.89 bits per heavy atom. The number of halogens is 1. The van der Waals surface area contributed by atoms with Crippen molar-refractivity contribution in [3.05, 3.63) is 29.3 Å². The van der Waals surface area contributed by atoms with Gasteiger partial charge in [-0.15, -0.1) is 0 Å². The van der Waals surface area contributed by atoms with Crippen molar-refractivity contribution in [3.8, 4) is 0 Å². The van der Waals surface area contributed by atoms with Gasteiger partial charge in [0.1, 0.15) is 6.04 Å². The first-order valence-corrected chi connectivity index (χ1v) is 6.80. The zero-order chi connectivity index (χ0) is 13.4. The molecule has 0 bridgehead atoms. The van der Waals surface area contributed by atoms with E-state index in [1.165, 1.54) is 0 Å². The van der Waals surface area contributed by atoms with Crippen molar-refractivity contribution in [2.24, 2.45) is 5.92 Å². The van der Waals surface area contributed by atoms with Gasteiger partial charge in [-0.25, -0.2) is 4.79 Å². The number of carbonyl (C=O) groups excluding carboxylic acids is 2. The lowest BCUT2D eigenvalue weighted by Gasteiger charge is -2.26. The molecule has 19 heavy (non-hydrogen) atoms. The van der Waals surface area contributed by atoms with Crippen LogP contribution in [0.5, 0.6) is 0 Å². The van der Waals surface area contributed by atoms with Crippen molar-refractivity contribution in [2.45, 2.75) is 25.3 Å². The Labute approximate surface area is 116 Å².